The van der Waals surface area contributed by atoms with Crippen LogP contribution in [0.15, 0.2) is 0 Å². The predicted octanol–water partition coefficient (Wildman–Crippen LogP) is 2.81. The largest absolute Gasteiger partial charge is 0.195 e. The normalized spacial score (nSPS) is 10.2. The molecule has 0 aliphatic heterocycles. The van der Waals surface area contributed by atoms with Crippen LogP contribution in [0, 0.1) is 25.9 Å². The van der Waals surface area contributed by atoms with Gasteiger partial charge in [-0.1, -0.05) is 0 Å². The number of hydrogen-bond acceptors (Lipinski definition) is 1. The molecular weight excluding hydrogens is 135 g/mol. The van der Waals surface area contributed by atoms with E-state index in [-0.39, 0.29) is 5.13 Å². The Hall–Kier alpha value is -0.370. The molecule has 0 aliphatic rings. The summed E-state index contributed by atoms with van der Waals surface area (Å²) in [4.78, 5) is 1.09. The summed E-state index contributed by atoms with van der Waals surface area (Å²) < 4.78 is 12.6. The van der Waals surface area contributed by atoms with E-state index in [1.54, 1.807) is 0 Å². The minimum absolute atomic E-state index is 0.0370. The van der Waals surface area contributed by atoms with Gasteiger partial charge >= 0.3 is 0 Å². The molecule has 50 valence electrons. The highest BCUT2D eigenvalue weighted by atomic mass is 32.1. The molecule has 2 heteroatoms. The third-order valence-corrected chi connectivity index (χ3v) is 2.73. The highest BCUT2D eigenvalue weighted by Crippen LogP contribution is 2.23. The fourth-order valence-corrected chi connectivity index (χ4v) is 1.58. The fraction of sp³-hybridized carbons (Fsp3) is 0.429. The Bertz CT molecular complexity index is 203. The standard InChI is InChI=1S/C7H9FS/c1-4-5(2)7(8)9-6(4)3/h1-3H3. The smallest absolute Gasteiger partial charge is 0.179 e. The highest BCUT2D eigenvalue weighted by molar-refractivity contribution is 7.10. The van der Waals surface area contributed by atoms with Gasteiger partial charge in [0.15, 0.2) is 5.13 Å². The third-order valence-electron chi connectivity index (χ3n) is 1.63. The van der Waals surface area contributed by atoms with Crippen LogP contribution in [-0.2, 0) is 0 Å². The Morgan fingerprint density at radius 3 is 1.78 bits per heavy atom. The van der Waals surface area contributed by atoms with Gasteiger partial charge in [0.25, 0.3) is 0 Å². The molecule has 0 N–H and O–H groups in total. The van der Waals surface area contributed by atoms with Crippen molar-refractivity contribution in [3.63, 3.8) is 0 Å². The molecule has 0 saturated heterocycles. The van der Waals surface area contributed by atoms with E-state index in [9.17, 15) is 4.39 Å². The van der Waals surface area contributed by atoms with E-state index in [4.69, 9.17) is 0 Å². The first-order valence-corrected chi connectivity index (χ1v) is 3.66. The lowest BCUT2D eigenvalue weighted by molar-refractivity contribution is 0.647. The van der Waals surface area contributed by atoms with Gasteiger partial charge in [0.1, 0.15) is 0 Å². The molecule has 0 atom stereocenters. The van der Waals surface area contributed by atoms with E-state index < -0.39 is 0 Å². The molecule has 0 aliphatic carbocycles. The number of thiophene rings is 1. The van der Waals surface area contributed by atoms with Crippen LogP contribution in [0.5, 0.6) is 0 Å². The maximum Gasteiger partial charge on any atom is 0.179 e. The van der Waals surface area contributed by atoms with Crippen LogP contribution < -0.4 is 0 Å². The number of hydrogen-bond donors (Lipinski definition) is 0. The van der Waals surface area contributed by atoms with Crippen LogP contribution >= 0.6 is 11.3 Å². The van der Waals surface area contributed by atoms with Gasteiger partial charge in [-0.05, 0) is 31.9 Å². The highest BCUT2D eigenvalue weighted by Gasteiger charge is 2.05. The molecule has 1 rings (SSSR count). The number of aryl methyl sites for hydroxylation is 1. The van der Waals surface area contributed by atoms with Gasteiger partial charge in [-0.15, -0.1) is 11.3 Å². The summed E-state index contributed by atoms with van der Waals surface area (Å²) in [6, 6.07) is 0. The second-order valence-corrected chi connectivity index (χ2v) is 3.36. The summed E-state index contributed by atoms with van der Waals surface area (Å²) in [5.74, 6) is 0. The summed E-state index contributed by atoms with van der Waals surface area (Å²) in [5, 5.41) is -0.0370. The van der Waals surface area contributed by atoms with Gasteiger partial charge in [0, 0.05) is 4.88 Å². The topological polar surface area (TPSA) is 0 Å². The van der Waals surface area contributed by atoms with Crippen molar-refractivity contribution in [2.45, 2.75) is 20.8 Å². The summed E-state index contributed by atoms with van der Waals surface area (Å²) in [7, 11) is 0. The number of rotatable bonds is 0. The molecule has 0 amide bonds. The van der Waals surface area contributed by atoms with Gasteiger partial charge in [-0.25, -0.2) is 0 Å². The Kier molecular flexibility index (Phi) is 1.58. The molecule has 0 saturated carbocycles. The maximum absolute atomic E-state index is 12.6. The Morgan fingerprint density at radius 1 is 1.11 bits per heavy atom. The molecular formula is C7H9FS. The molecule has 9 heavy (non-hydrogen) atoms. The van der Waals surface area contributed by atoms with Crippen molar-refractivity contribution in [1.29, 1.82) is 0 Å². The van der Waals surface area contributed by atoms with Crippen LogP contribution in [0.4, 0.5) is 4.39 Å². The van der Waals surface area contributed by atoms with Crippen molar-refractivity contribution in [2.24, 2.45) is 0 Å². The van der Waals surface area contributed by atoms with E-state index in [0.29, 0.717) is 0 Å². The second-order valence-electron chi connectivity index (χ2n) is 2.18. The lowest BCUT2D eigenvalue weighted by Gasteiger charge is -1.86. The monoisotopic (exact) mass is 144 g/mol. The first kappa shape index (κ1) is 6.75. The van der Waals surface area contributed by atoms with Gasteiger partial charge in [-0.2, -0.15) is 4.39 Å². The minimum Gasteiger partial charge on any atom is -0.195 e. The van der Waals surface area contributed by atoms with Crippen molar-refractivity contribution < 1.29 is 4.39 Å². The zero-order valence-electron chi connectivity index (χ0n) is 5.79. The van der Waals surface area contributed by atoms with E-state index in [1.807, 2.05) is 20.8 Å². The summed E-state index contributed by atoms with van der Waals surface area (Å²) in [6.07, 6.45) is 0. The van der Waals surface area contributed by atoms with E-state index in [2.05, 4.69) is 0 Å². The average molecular weight is 144 g/mol. The Balaban J connectivity index is 3.29. The van der Waals surface area contributed by atoms with Crippen LogP contribution in [-0.4, -0.2) is 0 Å². The van der Waals surface area contributed by atoms with Crippen molar-refractivity contribution in [3.8, 4) is 0 Å². The summed E-state index contributed by atoms with van der Waals surface area (Å²) >= 11 is 1.23. The van der Waals surface area contributed by atoms with E-state index in [0.717, 1.165) is 16.0 Å². The number of halogens is 1. The van der Waals surface area contributed by atoms with Gasteiger partial charge < -0.3 is 0 Å². The average Bonchev–Trinajstić information content (AvgIpc) is 1.98. The predicted molar refractivity (Wildman–Crippen MR) is 38.5 cm³/mol. The van der Waals surface area contributed by atoms with Crippen molar-refractivity contribution in [1.82, 2.24) is 0 Å². The second kappa shape index (κ2) is 2.10. The Morgan fingerprint density at radius 2 is 1.67 bits per heavy atom. The molecule has 0 fully saturated rings. The first-order chi connectivity index (χ1) is 4.13. The SMILES string of the molecule is Cc1sc(F)c(C)c1C. The van der Waals surface area contributed by atoms with Crippen LogP contribution in [0.3, 0.4) is 0 Å². The van der Waals surface area contributed by atoms with Gasteiger partial charge in [0.05, 0.1) is 0 Å². The van der Waals surface area contributed by atoms with Crippen molar-refractivity contribution in [3.05, 3.63) is 21.1 Å². The summed E-state index contributed by atoms with van der Waals surface area (Å²) in [5.41, 5.74) is 1.90. The fourth-order valence-electron chi connectivity index (χ4n) is 0.699. The molecule has 0 nitrogen and oxygen atoms in total. The zero-order chi connectivity index (χ0) is 7.02. The molecule has 0 radical (unpaired) electrons. The lowest BCUT2D eigenvalue weighted by atomic mass is 10.2. The van der Waals surface area contributed by atoms with E-state index in [1.165, 1.54) is 11.3 Å². The van der Waals surface area contributed by atoms with Crippen LogP contribution in [0.2, 0.25) is 0 Å². The van der Waals surface area contributed by atoms with Crippen LogP contribution in [0.25, 0.3) is 0 Å². The van der Waals surface area contributed by atoms with Gasteiger partial charge in [0.2, 0.25) is 0 Å². The quantitative estimate of drug-likeness (QED) is 0.525. The maximum atomic E-state index is 12.6. The van der Waals surface area contributed by atoms with Crippen LogP contribution in [0.1, 0.15) is 16.0 Å². The molecule has 0 bridgehead atoms. The molecule has 1 heterocycles. The first-order valence-electron chi connectivity index (χ1n) is 2.85. The lowest BCUT2D eigenvalue weighted by Crippen LogP contribution is -1.74. The molecule has 1 aromatic rings. The third kappa shape index (κ3) is 0.990. The molecule has 0 aromatic carbocycles. The van der Waals surface area contributed by atoms with Crippen molar-refractivity contribution in [2.75, 3.05) is 0 Å². The van der Waals surface area contributed by atoms with Gasteiger partial charge in [-0.3, -0.25) is 0 Å². The Labute approximate surface area is 58.3 Å². The van der Waals surface area contributed by atoms with E-state index >= 15 is 0 Å². The molecule has 0 unspecified atom stereocenters. The molecule has 1 aromatic heterocycles. The summed E-state index contributed by atoms with van der Waals surface area (Å²) in [6.45, 7) is 5.70. The zero-order valence-corrected chi connectivity index (χ0v) is 6.60. The molecule has 0 spiro atoms. The van der Waals surface area contributed by atoms with Crippen molar-refractivity contribution >= 4 is 11.3 Å². The minimum atomic E-state index is -0.0370.